The van der Waals surface area contributed by atoms with E-state index >= 15 is 0 Å². The van der Waals surface area contributed by atoms with Gasteiger partial charge in [0.15, 0.2) is 0 Å². The van der Waals surface area contributed by atoms with Gasteiger partial charge in [-0.25, -0.2) is 0 Å². The van der Waals surface area contributed by atoms with E-state index in [1.165, 1.54) is 5.56 Å². The standard InChI is InChI=1S/C12H19NO2/c1-5-8-9(6-2)12(15-4)10(13)7-11(8)14-3/h7H,5-6,13H2,1-4H3. The van der Waals surface area contributed by atoms with Crippen molar-refractivity contribution in [2.45, 2.75) is 26.7 Å². The van der Waals surface area contributed by atoms with Crippen LogP contribution in [-0.4, -0.2) is 14.2 Å². The molecule has 84 valence electrons. The first kappa shape index (κ1) is 11.7. The van der Waals surface area contributed by atoms with Gasteiger partial charge in [0.05, 0.1) is 19.9 Å². The highest BCUT2D eigenvalue weighted by molar-refractivity contribution is 5.64. The number of methoxy groups -OCH3 is 2. The van der Waals surface area contributed by atoms with Crippen molar-refractivity contribution in [3.63, 3.8) is 0 Å². The van der Waals surface area contributed by atoms with Gasteiger partial charge in [-0.05, 0) is 12.8 Å². The van der Waals surface area contributed by atoms with E-state index in [9.17, 15) is 0 Å². The van der Waals surface area contributed by atoms with Gasteiger partial charge < -0.3 is 15.2 Å². The van der Waals surface area contributed by atoms with Crippen LogP contribution in [0.25, 0.3) is 0 Å². The molecule has 0 atom stereocenters. The zero-order valence-corrected chi connectivity index (χ0v) is 9.89. The molecule has 1 aromatic rings. The van der Waals surface area contributed by atoms with Crippen molar-refractivity contribution < 1.29 is 9.47 Å². The fraction of sp³-hybridized carbons (Fsp3) is 0.500. The highest BCUT2D eigenvalue weighted by atomic mass is 16.5. The van der Waals surface area contributed by atoms with Crippen molar-refractivity contribution in [1.29, 1.82) is 0 Å². The molecule has 1 aromatic carbocycles. The second-order valence-corrected chi connectivity index (χ2v) is 3.37. The second kappa shape index (κ2) is 4.91. The number of hydrogen-bond acceptors (Lipinski definition) is 3. The van der Waals surface area contributed by atoms with E-state index in [-0.39, 0.29) is 0 Å². The van der Waals surface area contributed by atoms with Gasteiger partial charge >= 0.3 is 0 Å². The third-order valence-corrected chi connectivity index (χ3v) is 2.62. The zero-order valence-electron chi connectivity index (χ0n) is 9.89. The summed E-state index contributed by atoms with van der Waals surface area (Å²) in [5.74, 6) is 1.64. The van der Waals surface area contributed by atoms with Gasteiger partial charge in [0.2, 0.25) is 0 Å². The van der Waals surface area contributed by atoms with Crippen LogP contribution in [0, 0.1) is 0 Å². The second-order valence-electron chi connectivity index (χ2n) is 3.37. The van der Waals surface area contributed by atoms with Gasteiger partial charge in [-0.15, -0.1) is 0 Å². The molecule has 0 aliphatic rings. The molecule has 3 nitrogen and oxygen atoms in total. The van der Waals surface area contributed by atoms with Gasteiger partial charge in [-0.1, -0.05) is 13.8 Å². The van der Waals surface area contributed by atoms with Crippen LogP contribution in [0.1, 0.15) is 25.0 Å². The van der Waals surface area contributed by atoms with Gasteiger partial charge in [0.25, 0.3) is 0 Å². The third kappa shape index (κ3) is 2.01. The Morgan fingerprint density at radius 2 is 1.67 bits per heavy atom. The van der Waals surface area contributed by atoms with Crippen LogP contribution in [0.3, 0.4) is 0 Å². The highest BCUT2D eigenvalue weighted by Crippen LogP contribution is 2.36. The predicted molar refractivity (Wildman–Crippen MR) is 62.7 cm³/mol. The molecule has 0 bridgehead atoms. The number of nitrogen functional groups attached to an aromatic ring is 1. The van der Waals surface area contributed by atoms with Crippen molar-refractivity contribution in [3.8, 4) is 11.5 Å². The molecule has 0 amide bonds. The molecule has 2 N–H and O–H groups in total. The molecular weight excluding hydrogens is 190 g/mol. The Hall–Kier alpha value is -1.38. The molecule has 0 unspecified atom stereocenters. The first-order valence-corrected chi connectivity index (χ1v) is 5.21. The van der Waals surface area contributed by atoms with E-state index in [0.717, 1.165) is 29.9 Å². The minimum Gasteiger partial charge on any atom is -0.496 e. The number of nitrogens with two attached hydrogens (primary N) is 1. The Balaban J connectivity index is 3.44. The van der Waals surface area contributed by atoms with Gasteiger partial charge in [-0.3, -0.25) is 0 Å². The molecule has 0 aromatic heterocycles. The molecule has 0 saturated carbocycles. The molecule has 0 aliphatic heterocycles. The minimum absolute atomic E-state index is 0.642. The molecule has 1 rings (SSSR count). The topological polar surface area (TPSA) is 44.5 Å². The Bertz CT molecular complexity index is 348. The van der Waals surface area contributed by atoms with Crippen molar-refractivity contribution in [3.05, 3.63) is 17.2 Å². The monoisotopic (exact) mass is 209 g/mol. The predicted octanol–water partition coefficient (Wildman–Crippen LogP) is 2.41. The molecule has 15 heavy (non-hydrogen) atoms. The van der Waals surface area contributed by atoms with E-state index in [2.05, 4.69) is 13.8 Å². The fourth-order valence-electron chi connectivity index (χ4n) is 1.94. The lowest BCUT2D eigenvalue weighted by Gasteiger charge is -2.17. The first-order chi connectivity index (χ1) is 7.19. The zero-order chi connectivity index (χ0) is 11.4. The number of ether oxygens (including phenoxy) is 2. The SMILES string of the molecule is CCc1c(OC)cc(N)c(OC)c1CC. The fourth-order valence-corrected chi connectivity index (χ4v) is 1.94. The van der Waals surface area contributed by atoms with Crippen LogP contribution in [0.4, 0.5) is 5.69 Å². The van der Waals surface area contributed by atoms with Crippen molar-refractivity contribution in [2.24, 2.45) is 0 Å². The molecule has 0 fully saturated rings. The molecule has 3 heteroatoms. The van der Waals surface area contributed by atoms with Crippen LogP contribution in [-0.2, 0) is 12.8 Å². The van der Waals surface area contributed by atoms with E-state index in [0.29, 0.717) is 5.69 Å². The van der Waals surface area contributed by atoms with Crippen LogP contribution in [0.15, 0.2) is 6.07 Å². The summed E-state index contributed by atoms with van der Waals surface area (Å²) in [4.78, 5) is 0. The molecule has 0 radical (unpaired) electrons. The average Bonchev–Trinajstić information content (AvgIpc) is 2.27. The lowest BCUT2D eigenvalue weighted by atomic mass is 9.99. The maximum Gasteiger partial charge on any atom is 0.145 e. The summed E-state index contributed by atoms with van der Waals surface area (Å²) in [5.41, 5.74) is 8.88. The van der Waals surface area contributed by atoms with Crippen molar-refractivity contribution in [2.75, 3.05) is 20.0 Å². The Morgan fingerprint density at radius 3 is 2.07 bits per heavy atom. The summed E-state index contributed by atoms with van der Waals surface area (Å²) in [6, 6.07) is 1.83. The van der Waals surface area contributed by atoms with E-state index in [1.54, 1.807) is 14.2 Å². The quantitative estimate of drug-likeness (QED) is 0.774. The number of anilines is 1. The summed E-state index contributed by atoms with van der Waals surface area (Å²) in [6.07, 6.45) is 1.82. The van der Waals surface area contributed by atoms with Crippen LogP contribution >= 0.6 is 0 Å². The van der Waals surface area contributed by atoms with E-state index in [4.69, 9.17) is 15.2 Å². The van der Waals surface area contributed by atoms with Crippen LogP contribution in [0.2, 0.25) is 0 Å². The first-order valence-electron chi connectivity index (χ1n) is 5.21. The van der Waals surface area contributed by atoms with E-state index in [1.807, 2.05) is 6.07 Å². The number of rotatable bonds is 4. The lowest BCUT2D eigenvalue weighted by Crippen LogP contribution is -2.03. The summed E-state index contributed by atoms with van der Waals surface area (Å²) >= 11 is 0. The van der Waals surface area contributed by atoms with Crippen molar-refractivity contribution >= 4 is 5.69 Å². The molecule has 0 aliphatic carbocycles. The summed E-state index contributed by atoms with van der Waals surface area (Å²) in [7, 11) is 3.32. The Labute approximate surface area is 91.2 Å². The smallest absolute Gasteiger partial charge is 0.145 e. The van der Waals surface area contributed by atoms with Crippen molar-refractivity contribution in [1.82, 2.24) is 0 Å². The number of hydrogen-bond donors (Lipinski definition) is 1. The van der Waals surface area contributed by atoms with Gasteiger partial charge in [0.1, 0.15) is 11.5 Å². The largest absolute Gasteiger partial charge is 0.496 e. The molecule has 0 saturated heterocycles. The summed E-state index contributed by atoms with van der Waals surface area (Å²) in [5, 5.41) is 0. The van der Waals surface area contributed by atoms with E-state index < -0.39 is 0 Å². The molecular formula is C12H19NO2. The maximum absolute atomic E-state index is 5.90. The maximum atomic E-state index is 5.90. The Kier molecular flexibility index (Phi) is 3.83. The van der Waals surface area contributed by atoms with Gasteiger partial charge in [-0.2, -0.15) is 0 Å². The lowest BCUT2D eigenvalue weighted by molar-refractivity contribution is 0.397. The summed E-state index contributed by atoms with van der Waals surface area (Å²) in [6.45, 7) is 4.20. The third-order valence-electron chi connectivity index (χ3n) is 2.62. The minimum atomic E-state index is 0.642. The molecule has 0 spiro atoms. The van der Waals surface area contributed by atoms with Gasteiger partial charge in [0, 0.05) is 17.2 Å². The van der Waals surface area contributed by atoms with Crippen LogP contribution < -0.4 is 15.2 Å². The average molecular weight is 209 g/mol. The van der Waals surface area contributed by atoms with Crippen LogP contribution in [0.5, 0.6) is 11.5 Å². The Morgan fingerprint density at radius 1 is 1.07 bits per heavy atom. The normalized spacial score (nSPS) is 10.1. The molecule has 0 heterocycles. The number of benzene rings is 1. The summed E-state index contributed by atoms with van der Waals surface area (Å²) < 4.78 is 10.7. The highest BCUT2D eigenvalue weighted by Gasteiger charge is 2.15.